The van der Waals surface area contributed by atoms with Crippen LogP contribution in [0.1, 0.15) is 47.9 Å². The number of nitrogens with zero attached hydrogens (tertiary/aromatic N) is 2. The van der Waals surface area contributed by atoms with Gasteiger partial charge in [0.05, 0.1) is 18.6 Å². The SMILES string of the molecule is O=C(N1CCC(Cc2ccc(COCc3ccncc3)cc2)CC1)C1(c2ccccc2)CC1. The van der Waals surface area contributed by atoms with E-state index in [1.165, 1.54) is 16.7 Å². The molecule has 2 heterocycles. The lowest BCUT2D eigenvalue weighted by atomic mass is 9.88. The van der Waals surface area contributed by atoms with Gasteiger partial charge in [0.1, 0.15) is 0 Å². The Kier molecular flexibility index (Phi) is 6.54. The summed E-state index contributed by atoms with van der Waals surface area (Å²) in [5.74, 6) is 0.998. The average Bonchev–Trinajstić information content (AvgIpc) is 3.69. The van der Waals surface area contributed by atoms with Gasteiger partial charge in [-0.2, -0.15) is 0 Å². The quantitative estimate of drug-likeness (QED) is 0.477. The van der Waals surface area contributed by atoms with E-state index in [0.29, 0.717) is 25.0 Å². The normalized spacial score (nSPS) is 17.6. The van der Waals surface area contributed by atoms with Crippen LogP contribution < -0.4 is 0 Å². The highest BCUT2D eigenvalue weighted by Crippen LogP contribution is 2.50. The third-order valence-corrected chi connectivity index (χ3v) is 7.22. The molecule has 0 N–H and O–H groups in total. The summed E-state index contributed by atoms with van der Waals surface area (Å²) in [5, 5.41) is 0. The molecular weight excluding hydrogens is 408 g/mol. The molecule has 2 aliphatic rings. The van der Waals surface area contributed by atoms with E-state index in [2.05, 4.69) is 46.3 Å². The molecule has 2 aromatic carbocycles. The van der Waals surface area contributed by atoms with Gasteiger partial charge in [0.15, 0.2) is 0 Å². The van der Waals surface area contributed by atoms with Crippen molar-refractivity contribution in [1.29, 1.82) is 0 Å². The monoisotopic (exact) mass is 440 g/mol. The summed E-state index contributed by atoms with van der Waals surface area (Å²) in [6.45, 7) is 3.00. The second kappa shape index (κ2) is 9.88. The Hall–Kier alpha value is -2.98. The molecule has 1 amide bonds. The summed E-state index contributed by atoms with van der Waals surface area (Å²) < 4.78 is 5.83. The van der Waals surface area contributed by atoms with Gasteiger partial charge < -0.3 is 9.64 Å². The van der Waals surface area contributed by atoms with Crippen molar-refractivity contribution < 1.29 is 9.53 Å². The zero-order valence-electron chi connectivity index (χ0n) is 19.2. The lowest BCUT2D eigenvalue weighted by molar-refractivity contribution is -0.135. The first-order valence-electron chi connectivity index (χ1n) is 12.1. The molecule has 0 atom stereocenters. The first kappa shape index (κ1) is 21.8. The van der Waals surface area contributed by atoms with Gasteiger partial charge in [-0.3, -0.25) is 9.78 Å². The lowest BCUT2D eigenvalue weighted by Crippen LogP contribution is -2.44. The molecule has 1 aromatic heterocycles. The molecule has 1 aliphatic heterocycles. The van der Waals surface area contributed by atoms with Crippen molar-refractivity contribution in [2.75, 3.05) is 13.1 Å². The van der Waals surface area contributed by atoms with Gasteiger partial charge in [-0.15, -0.1) is 0 Å². The van der Waals surface area contributed by atoms with E-state index < -0.39 is 0 Å². The predicted octanol–water partition coefficient (Wildman–Crippen LogP) is 5.31. The van der Waals surface area contributed by atoms with Crippen LogP contribution in [0.5, 0.6) is 0 Å². The molecule has 4 nitrogen and oxygen atoms in total. The summed E-state index contributed by atoms with van der Waals surface area (Å²) >= 11 is 0. The number of likely N-dealkylation sites (tertiary alicyclic amines) is 1. The molecule has 1 saturated carbocycles. The Morgan fingerprint density at radius 3 is 2.09 bits per heavy atom. The molecule has 0 bridgehead atoms. The summed E-state index contributed by atoms with van der Waals surface area (Å²) in [4.78, 5) is 19.4. The third kappa shape index (κ3) is 5.17. The van der Waals surface area contributed by atoms with E-state index in [-0.39, 0.29) is 5.41 Å². The molecule has 2 fully saturated rings. The van der Waals surface area contributed by atoms with Crippen LogP contribution in [0.4, 0.5) is 0 Å². The summed E-state index contributed by atoms with van der Waals surface area (Å²) in [7, 11) is 0. The molecule has 0 spiro atoms. The summed E-state index contributed by atoms with van der Waals surface area (Å²) in [6, 6.07) is 23.1. The molecule has 1 aliphatic carbocycles. The van der Waals surface area contributed by atoms with Crippen molar-refractivity contribution in [1.82, 2.24) is 9.88 Å². The summed E-state index contributed by atoms with van der Waals surface area (Å²) in [6.07, 6.45) is 8.84. The highest BCUT2D eigenvalue weighted by Gasteiger charge is 2.53. The number of rotatable bonds is 8. The number of amides is 1. The van der Waals surface area contributed by atoms with Crippen LogP contribution in [0.15, 0.2) is 79.1 Å². The Labute approximate surface area is 196 Å². The Morgan fingerprint density at radius 1 is 0.848 bits per heavy atom. The molecule has 3 aromatic rings. The first-order chi connectivity index (χ1) is 16.2. The highest BCUT2D eigenvalue weighted by molar-refractivity contribution is 5.91. The molecule has 0 radical (unpaired) electrons. The van der Waals surface area contributed by atoms with E-state index in [0.717, 1.165) is 50.8 Å². The van der Waals surface area contributed by atoms with E-state index in [4.69, 9.17) is 4.74 Å². The topological polar surface area (TPSA) is 42.4 Å². The van der Waals surface area contributed by atoms with E-state index >= 15 is 0 Å². The maximum absolute atomic E-state index is 13.3. The van der Waals surface area contributed by atoms with Crippen LogP contribution in [0, 0.1) is 5.92 Å². The molecular formula is C29H32N2O2. The molecule has 5 rings (SSSR count). The standard InChI is InChI=1S/C29H32N2O2/c32-28(29(14-15-29)27-4-2-1-3-5-27)31-18-12-24(13-19-31)20-23-6-8-25(9-7-23)21-33-22-26-10-16-30-17-11-26/h1-11,16-17,24H,12-15,18-22H2. The minimum Gasteiger partial charge on any atom is -0.372 e. The zero-order chi connectivity index (χ0) is 22.5. The van der Waals surface area contributed by atoms with Crippen LogP contribution in [0.2, 0.25) is 0 Å². The van der Waals surface area contributed by atoms with Crippen LogP contribution >= 0.6 is 0 Å². The van der Waals surface area contributed by atoms with Crippen molar-refractivity contribution >= 4 is 5.91 Å². The smallest absolute Gasteiger partial charge is 0.233 e. The van der Waals surface area contributed by atoms with E-state index in [9.17, 15) is 4.79 Å². The maximum Gasteiger partial charge on any atom is 0.233 e. The number of hydrogen-bond donors (Lipinski definition) is 0. The third-order valence-electron chi connectivity index (χ3n) is 7.22. The van der Waals surface area contributed by atoms with Crippen molar-refractivity contribution in [2.45, 2.75) is 50.7 Å². The van der Waals surface area contributed by atoms with Gasteiger partial charge in [0.25, 0.3) is 0 Å². The number of aromatic nitrogens is 1. The van der Waals surface area contributed by atoms with Gasteiger partial charge in [0.2, 0.25) is 5.91 Å². The van der Waals surface area contributed by atoms with Gasteiger partial charge in [-0.05, 0) is 72.4 Å². The number of pyridine rings is 1. The number of benzene rings is 2. The number of ether oxygens (including phenoxy) is 1. The molecule has 33 heavy (non-hydrogen) atoms. The minimum atomic E-state index is -0.233. The first-order valence-corrected chi connectivity index (χ1v) is 12.1. The van der Waals surface area contributed by atoms with Crippen molar-refractivity contribution in [2.24, 2.45) is 5.92 Å². The molecule has 170 valence electrons. The summed E-state index contributed by atoms with van der Waals surface area (Å²) in [5.41, 5.74) is 4.68. The van der Waals surface area contributed by atoms with Gasteiger partial charge >= 0.3 is 0 Å². The van der Waals surface area contributed by atoms with Gasteiger partial charge in [-0.1, -0.05) is 54.6 Å². The maximum atomic E-state index is 13.3. The van der Waals surface area contributed by atoms with Crippen molar-refractivity contribution in [3.05, 3.63) is 101 Å². The molecule has 4 heteroatoms. The second-order valence-electron chi connectivity index (χ2n) is 9.55. The molecule has 0 unspecified atom stereocenters. The number of carbonyl (C=O) groups is 1. The van der Waals surface area contributed by atoms with Crippen LogP contribution in [-0.2, 0) is 34.6 Å². The Morgan fingerprint density at radius 2 is 1.45 bits per heavy atom. The number of hydrogen-bond acceptors (Lipinski definition) is 3. The Bertz CT molecular complexity index is 1040. The fraction of sp³-hybridized carbons (Fsp3) is 0.379. The Balaban J connectivity index is 1.08. The number of piperidine rings is 1. The van der Waals surface area contributed by atoms with Crippen LogP contribution in [0.25, 0.3) is 0 Å². The fourth-order valence-electron chi connectivity index (χ4n) is 5.02. The fourth-order valence-corrected chi connectivity index (χ4v) is 5.02. The van der Waals surface area contributed by atoms with Crippen LogP contribution in [0.3, 0.4) is 0 Å². The van der Waals surface area contributed by atoms with Crippen LogP contribution in [-0.4, -0.2) is 28.9 Å². The van der Waals surface area contributed by atoms with E-state index in [1.807, 2.05) is 30.3 Å². The van der Waals surface area contributed by atoms with Gasteiger partial charge in [-0.25, -0.2) is 0 Å². The second-order valence-corrected chi connectivity index (χ2v) is 9.55. The lowest BCUT2D eigenvalue weighted by Gasteiger charge is -2.34. The number of carbonyl (C=O) groups excluding carboxylic acids is 1. The zero-order valence-corrected chi connectivity index (χ0v) is 19.2. The van der Waals surface area contributed by atoms with Crippen molar-refractivity contribution in [3.8, 4) is 0 Å². The van der Waals surface area contributed by atoms with E-state index in [1.54, 1.807) is 12.4 Å². The van der Waals surface area contributed by atoms with Crippen molar-refractivity contribution in [3.63, 3.8) is 0 Å². The van der Waals surface area contributed by atoms with Gasteiger partial charge in [0, 0.05) is 25.5 Å². The molecule has 1 saturated heterocycles. The largest absolute Gasteiger partial charge is 0.372 e. The average molecular weight is 441 g/mol. The predicted molar refractivity (Wildman–Crippen MR) is 130 cm³/mol. The highest BCUT2D eigenvalue weighted by atomic mass is 16.5. The minimum absolute atomic E-state index is 0.233.